The van der Waals surface area contributed by atoms with Gasteiger partial charge in [-0.2, -0.15) is 5.10 Å². The molecule has 41 heavy (non-hydrogen) atoms. The Morgan fingerprint density at radius 3 is 2.10 bits per heavy atom. The number of rotatable bonds is 11. The Labute approximate surface area is 256 Å². The molecule has 0 spiro atoms. The second-order valence-electron chi connectivity index (χ2n) is 10.2. The van der Waals surface area contributed by atoms with Crippen LogP contribution in [-0.2, 0) is 0 Å². The van der Waals surface area contributed by atoms with Crippen LogP contribution in [0.3, 0.4) is 0 Å². The predicted octanol–water partition coefficient (Wildman–Crippen LogP) is 8.57. The van der Waals surface area contributed by atoms with Gasteiger partial charge in [-0.05, 0) is 57.4 Å². The highest BCUT2D eigenvalue weighted by Gasteiger charge is 2.24. The number of halogens is 1. The Bertz CT molecular complexity index is 1580. The molecule has 7 heteroatoms. The summed E-state index contributed by atoms with van der Waals surface area (Å²) in [6.07, 6.45) is 0.924. The predicted molar refractivity (Wildman–Crippen MR) is 176 cm³/mol. The van der Waals surface area contributed by atoms with Gasteiger partial charge in [-0.3, -0.25) is 0 Å². The van der Waals surface area contributed by atoms with Crippen LogP contribution in [0.5, 0.6) is 11.5 Å². The first kappa shape index (κ1) is 28.9. The van der Waals surface area contributed by atoms with Gasteiger partial charge in [-0.25, -0.2) is 0 Å². The summed E-state index contributed by atoms with van der Waals surface area (Å²) in [7, 11) is 1.70. The molecular weight excluding hydrogens is 623 g/mol. The third kappa shape index (κ3) is 5.91. The standard InChI is InChI=1S/C34H37IN4O2/c1-6-41-27-17-18-29(30(21-27)40-5)39-23(3)31-32(24(39)4)34(38-37-33(31)22(2)35)36-20-19-28(25-13-9-7-10-14-25)26-15-11-8-12-16-26/h7-18,21-22,28H,6,19-20H2,1-5H3,(H,36,38). The van der Waals surface area contributed by atoms with Crippen molar-refractivity contribution >= 4 is 39.2 Å². The Hall–Kier alpha value is -3.59. The van der Waals surface area contributed by atoms with Gasteiger partial charge in [0.1, 0.15) is 11.5 Å². The van der Waals surface area contributed by atoms with E-state index in [2.05, 4.69) is 120 Å². The quantitative estimate of drug-likeness (QED) is 0.114. The van der Waals surface area contributed by atoms with E-state index in [1.165, 1.54) is 11.1 Å². The molecule has 5 rings (SSSR count). The zero-order valence-electron chi connectivity index (χ0n) is 24.3. The van der Waals surface area contributed by atoms with Gasteiger partial charge in [0.2, 0.25) is 0 Å². The summed E-state index contributed by atoms with van der Waals surface area (Å²) in [6.45, 7) is 9.80. The number of anilines is 1. The summed E-state index contributed by atoms with van der Waals surface area (Å²) in [4.78, 5) is 0. The van der Waals surface area contributed by atoms with Crippen molar-refractivity contribution in [1.29, 1.82) is 0 Å². The number of ether oxygens (including phenoxy) is 2. The summed E-state index contributed by atoms with van der Waals surface area (Å²) in [5, 5.41) is 15.4. The topological polar surface area (TPSA) is 61.2 Å². The molecule has 0 saturated carbocycles. The van der Waals surface area contributed by atoms with Crippen LogP contribution in [0, 0.1) is 13.8 Å². The minimum atomic E-state index is 0.202. The molecule has 6 nitrogen and oxygen atoms in total. The van der Waals surface area contributed by atoms with Gasteiger partial charge in [-0.15, -0.1) is 5.10 Å². The molecule has 0 amide bonds. The fraction of sp³-hybridized carbons (Fsp3) is 0.294. The van der Waals surface area contributed by atoms with E-state index in [1.807, 2.05) is 19.1 Å². The summed E-state index contributed by atoms with van der Waals surface area (Å²) in [5.41, 5.74) is 6.79. The zero-order valence-corrected chi connectivity index (χ0v) is 26.5. The summed E-state index contributed by atoms with van der Waals surface area (Å²) in [6, 6.07) is 27.5. The van der Waals surface area contributed by atoms with Crippen LogP contribution in [0.15, 0.2) is 78.9 Å². The van der Waals surface area contributed by atoms with Crippen LogP contribution in [-0.4, -0.2) is 35.0 Å². The largest absolute Gasteiger partial charge is 0.494 e. The second kappa shape index (κ2) is 12.9. The van der Waals surface area contributed by atoms with Crippen molar-refractivity contribution < 1.29 is 9.47 Å². The van der Waals surface area contributed by atoms with Crippen molar-refractivity contribution in [3.05, 3.63) is 107 Å². The van der Waals surface area contributed by atoms with Gasteiger partial charge >= 0.3 is 0 Å². The van der Waals surface area contributed by atoms with E-state index in [9.17, 15) is 0 Å². The molecule has 2 aromatic heterocycles. The highest BCUT2D eigenvalue weighted by atomic mass is 127. The van der Waals surface area contributed by atoms with Crippen molar-refractivity contribution in [2.75, 3.05) is 25.6 Å². The molecule has 0 aliphatic carbocycles. The van der Waals surface area contributed by atoms with Crippen LogP contribution in [0.2, 0.25) is 0 Å². The highest BCUT2D eigenvalue weighted by Crippen LogP contribution is 2.40. The number of nitrogens with zero attached hydrogens (tertiary/aromatic N) is 3. The first-order valence-corrected chi connectivity index (χ1v) is 15.4. The zero-order chi connectivity index (χ0) is 28.9. The van der Waals surface area contributed by atoms with Crippen LogP contribution >= 0.6 is 22.6 Å². The normalized spacial score (nSPS) is 12.1. The fourth-order valence-electron chi connectivity index (χ4n) is 5.74. The Kier molecular flexibility index (Phi) is 9.12. The SMILES string of the molecule is CCOc1ccc(-n2c(C)c3c(NCCC(c4ccccc4)c4ccccc4)nnc(C(C)I)c3c2C)c(OC)c1. The van der Waals surface area contributed by atoms with Crippen molar-refractivity contribution in [3.8, 4) is 17.2 Å². The summed E-state index contributed by atoms with van der Waals surface area (Å²) in [5.74, 6) is 2.64. The van der Waals surface area contributed by atoms with Crippen LogP contribution < -0.4 is 14.8 Å². The van der Waals surface area contributed by atoms with Crippen LogP contribution in [0.4, 0.5) is 5.82 Å². The lowest BCUT2D eigenvalue weighted by atomic mass is 9.88. The molecule has 3 aromatic carbocycles. The van der Waals surface area contributed by atoms with Gasteiger partial charge in [0.05, 0.1) is 29.0 Å². The molecule has 5 aromatic rings. The second-order valence-corrected chi connectivity index (χ2v) is 12.0. The minimum Gasteiger partial charge on any atom is -0.494 e. The maximum Gasteiger partial charge on any atom is 0.158 e. The number of aryl methyl sites for hydroxylation is 2. The number of aromatic nitrogens is 3. The molecule has 0 saturated heterocycles. The van der Waals surface area contributed by atoms with E-state index >= 15 is 0 Å². The first-order chi connectivity index (χ1) is 19.9. The maximum atomic E-state index is 5.83. The molecule has 1 N–H and O–H groups in total. The molecule has 0 bridgehead atoms. The van der Waals surface area contributed by atoms with E-state index in [4.69, 9.17) is 19.7 Å². The number of hydrogen-bond acceptors (Lipinski definition) is 5. The number of methoxy groups -OCH3 is 1. The van der Waals surface area contributed by atoms with Gasteiger partial charge in [0, 0.05) is 40.7 Å². The molecule has 212 valence electrons. The molecule has 0 aliphatic rings. The lowest BCUT2D eigenvalue weighted by molar-refractivity contribution is 0.336. The monoisotopic (exact) mass is 660 g/mol. The van der Waals surface area contributed by atoms with Crippen molar-refractivity contribution in [2.24, 2.45) is 0 Å². The van der Waals surface area contributed by atoms with Gasteiger partial charge in [0.15, 0.2) is 5.82 Å². The van der Waals surface area contributed by atoms with Gasteiger partial charge in [-0.1, -0.05) is 83.3 Å². The average Bonchev–Trinajstić information content (AvgIpc) is 3.26. The van der Waals surface area contributed by atoms with E-state index in [1.54, 1.807) is 7.11 Å². The number of fused-ring (bicyclic) bond motifs is 1. The van der Waals surface area contributed by atoms with Crippen LogP contribution in [0.1, 0.15) is 58.3 Å². The van der Waals surface area contributed by atoms with Crippen molar-refractivity contribution in [2.45, 2.75) is 44.0 Å². The van der Waals surface area contributed by atoms with Crippen molar-refractivity contribution in [3.63, 3.8) is 0 Å². The summed E-state index contributed by atoms with van der Waals surface area (Å²) >= 11 is 2.42. The van der Waals surface area contributed by atoms with Crippen molar-refractivity contribution in [1.82, 2.24) is 14.8 Å². The van der Waals surface area contributed by atoms with E-state index in [-0.39, 0.29) is 9.84 Å². The minimum absolute atomic E-state index is 0.202. The molecule has 0 fully saturated rings. The molecule has 0 radical (unpaired) electrons. The maximum absolute atomic E-state index is 5.83. The number of benzene rings is 3. The number of hydrogen-bond donors (Lipinski definition) is 1. The lowest BCUT2D eigenvalue weighted by Crippen LogP contribution is -2.11. The molecule has 0 aliphatic heterocycles. The first-order valence-electron chi connectivity index (χ1n) is 14.1. The van der Waals surface area contributed by atoms with Crippen LogP contribution in [0.25, 0.3) is 16.5 Å². The molecular formula is C34H37IN4O2. The third-order valence-electron chi connectivity index (χ3n) is 7.60. The lowest BCUT2D eigenvalue weighted by Gasteiger charge is -2.19. The van der Waals surface area contributed by atoms with Gasteiger partial charge < -0.3 is 19.4 Å². The average molecular weight is 661 g/mol. The number of nitrogens with one attached hydrogen (secondary N) is 1. The molecule has 1 atom stereocenters. The highest BCUT2D eigenvalue weighted by molar-refractivity contribution is 14.1. The molecule has 2 heterocycles. The van der Waals surface area contributed by atoms with Gasteiger partial charge in [0.25, 0.3) is 0 Å². The third-order valence-corrected chi connectivity index (χ3v) is 8.19. The Balaban J connectivity index is 1.54. The Morgan fingerprint density at radius 1 is 0.878 bits per heavy atom. The Morgan fingerprint density at radius 2 is 1.51 bits per heavy atom. The van der Waals surface area contributed by atoms with E-state index in [0.29, 0.717) is 6.61 Å². The number of alkyl halides is 1. The smallest absolute Gasteiger partial charge is 0.158 e. The summed E-state index contributed by atoms with van der Waals surface area (Å²) < 4.78 is 14.0. The van der Waals surface area contributed by atoms with E-state index < -0.39 is 0 Å². The molecule has 1 unspecified atom stereocenters. The fourth-order valence-corrected chi connectivity index (χ4v) is 6.17. The van der Waals surface area contributed by atoms with E-state index in [0.717, 1.165) is 63.8 Å².